The van der Waals surface area contributed by atoms with Gasteiger partial charge in [0.05, 0.1) is 5.54 Å². The summed E-state index contributed by atoms with van der Waals surface area (Å²) < 4.78 is 1.97. The monoisotopic (exact) mass is 217 g/mol. The Labute approximate surface area is 93.9 Å². The maximum Gasteiger partial charge on any atom is 0.163 e. The molecular formula is C11H15N5. The van der Waals surface area contributed by atoms with E-state index in [9.17, 15) is 0 Å². The normalized spacial score (nSPS) is 26.1. The van der Waals surface area contributed by atoms with Crippen LogP contribution in [0, 0.1) is 0 Å². The van der Waals surface area contributed by atoms with E-state index in [1.165, 1.54) is 12.8 Å². The van der Waals surface area contributed by atoms with Gasteiger partial charge < -0.3 is 5.32 Å². The fourth-order valence-corrected chi connectivity index (χ4v) is 2.37. The third-order valence-electron chi connectivity index (χ3n) is 3.33. The second kappa shape index (κ2) is 3.52. The molecule has 0 radical (unpaired) electrons. The van der Waals surface area contributed by atoms with Gasteiger partial charge in [-0.2, -0.15) is 0 Å². The first-order chi connectivity index (χ1) is 7.80. The average molecular weight is 217 g/mol. The minimum atomic E-state index is -0.0688. The zero-order valence-electron chi connectivity index (χ0n) is 9.35. The van der Waals surface area contributed by atoms with E-state index in [4.69, 9.17) is 0 Å². The number of piperidine rings is 1. The number of aromatic nitrogens is 4. The molecule has 3 rings (SSSR count). The molecule has 0 bridgehead atoms. The summed E-state index contributed by atoms with van der Waals surface area (Å²) in [5.41, 5.74) is 0.791. The zero-order valence-corrected chi connectivity index (χ0v) is 9.35. The minimum Gasteiger partial charge on any atom is -0.305 e. The summed E-state index contributed by atoms with van der Waals surface area (Å²) in [6, 6.07) is 1.88. The summed E-state index contributed by atoms with van der Waals surface area (Å²) >= 11 is 0. The van der Waals surface area contributed by atoms with Crippen LogP contribution in [0.25, 0.3) is 5.65 Å². The molecule has 1 aliphatic heterocycles. The second-order valence-corrected chi connectivity index (χ2v) is 4.55. The Morgan fingerprint density at radius 3 is 3.12 bits per heavy atom. The Morgan fingerprint density at radius 1 is 1.38 bits per heavy atom. The first-order valence-corrected chi connectivity index (χ1v) is 5.70. The van der Waals surface area contributed by atoms with Gasteiger partial charge in [0, 0.05) is 12.3 Å². The Morgan fingerprint density at radius 2 is 2.31 bits per heavy atom. The van der Waals surface area contributed by atoms with Crippen molar-refractivity contribution >= 4 is 5.65 Å². The van der Waals surface area contributed by atoms with Crippen LogP contribution in [0.15, 0.2) is 18.6 Å². The van der Waals surface area contributed by atoms with Crippen molar-refractivity contribution in [1.29, 1.82) is 0 Å². The van der Waals surface area contributed by atoms with Gasteiger partial charge in [-0.25, -0.2) is 4.98 Å². The minimum absolute atomic E-state index is 0.0688. The smallest absolute Gasteiger partial charge is 0.163 e. The van der Waals surface area contributed by atoms with Gasteiger partial charge in [0.25, 0.3) is 0 Å². The van der Waals surface area contributed by atoms with Gasteiger partial charge in [0.15, 0.2) is 11.5 Å². The van der Waals surface area contributed by atoms with Crippen LogP contribution in [0.3, 0.4) is 0 Å². The van der Waals surface area contributed by atoms with Crippen molar-refractivity contribution in [3.05, 3.63) is 24.4 Å². The highest BCUT2D eigenvalue weighted by Gasteiger charge is 2.32. The fraction of sp³-hybridized carbons (Fsp3) is 0.545. The van der Waals surface area contributed by atoms with E-state index in [0.29, 0.717) is 0 Å². The largest absolute Gasteiger partial charge is 0.305 e. The van der Waals surface area contributed by atoms with Crippen LogP contribution >= 0.6 is 0 Å². The molecular weight excluding hydrogens is 202 g/mol. The van der Waals surface area contributed by atoms with Gasteiger partial charge >= 0.3 is 0 Å². The van der Waals surface area contributed by atoms with Crippen molar-refractivity contribution in [2.24, 2.45) is 0 Å². The first-order valence-electron chi connectivity index (χ1n) is 5.70. The lowest BCUT2D eigenvalue weighted by Gasteiger charge is -2.33. The van der Waals surface area contributed by atoms with Crippen LogP contribution in [0.4, 0.5) is 0 Å². The van der Waals surface area contributed by atoms with E-state index in [2.05, 4.69) is 27.4 Å². The number of nitrogens with one attached hydrogen (secondary N) is 1. The summed E-state index contributed by atoms with van der Waals surface area (Å²) in [5.74, 6) is 0.968. The van der Waals surface area contributed by atoms with E-state index in [1.807, 2.05) is 10.5 Å². The van der Waals surface area contributed by atoms with Crippen molar-refractivity contribution in [2.45, 2.75) is 31.7 Å². The predicted octanol–water partition coefficient (Wildman–Crippen LogP) is 1.11. The average Bonchev–Trinajstić information content (AvgIpc) is 2.74. The molecule has 0 spiro atoms. The highest BCUT2D eigenvalue weighted by atomic mass is 15.3. The van der Waals surface area contributed by atoms with E-state index < -0.39 is 0 Å². The number of hydrogen-bond donors (Lipinski definition) is 1. The molecule has 1 atom stereocenters. The summed E-state index contributed by atoms with van der Waals surface area (Å²) in [6.45, 7) is 3.24. The summed E-state index contributed by atoms with van der Waals surface area (Å²) in [5, 5.41) is 12.0. The van der Waals surface area contributed by atoms with Gasteiger partial charge in [0.1, 0.15) is 6.33 Å². The summed E-state index contributed by atoms with van der Waals surface area (Å²) in [4.78, 5) is 4.13. The molecule has 16 heavy (non-hydrogen) atoms. The van der Waals surface area contributed by atoms with Crippen molar-refractivity contribution < 1.29 is 0 Å². The lowest BCUT2D eigenvalue weighted by Crippen LogP contribution is -2.44. The quantitative estimate of drug-likeness (QED) is 0.777. The van der Waals surface area contributed by atoms with Crippen LogP contribution in [0.2, 0.25) is 0 Å². The van der Waals surface area contributed by atoms with E-state index in [-0.39, 0.29) is 5.54 Å². The molecule has 1 aliphatic rings. The van der Waals surface area contributed by atoms with Gasteiger partial charge in [0.2, 0.25) is 0 Å². The van der Waals surface area contributed by atoms with Gasteiger partial charge in [-0.3, -0.25) is 4.40 Å². The SMILES string of the molecule is CC1(c2nnc3ccncn23)CCCCN1. The number of fused-ring (bicyclic) bond motifs is 1. The Balaban J connectivity index is 2.11. The number of hydrogen-bond acceptors (Lipinski definition) is 4. The molecule has 3 heterocycles. The molecule has 2 aromatic heterocycles. The van der Waals surface area contributed by atoms with Crippen LogP contribution in [-0.4, -0.2) is 26.1 Å². The van der Waals surface area contributed by atoms with Crippen LogP contribution < -0.4 is 5.32 Å². The molecule has 0 saturated carbocycles. The molecule has 5 heteroatoms. The number of rotatable bonds is 1. The van der Waals surface area contributed by atoms with Crippen molar-refractivity contribution in [3.63, 3.8) is 0 Å². The molecule has 0 aliphatic carbocycles. The molecule has 1 fully saturated rings. The molecule has 0 amide bonds. The standard InChI is InChI=1S/C11H15N5/c1-11(5-2-3-6-13-11)10-15-14-9-4-7-12-8-16(9)10/h4,7-8,13H,2-3,5-6H2,1H3. The first kappa shape index (κ1) is 9.72. The third kappa shape index (κ3) is 1.39. The summed E-state index contributed by atoms with van der Waals surface area (Å²) in [7, 11) is 0. The molecule has 5 nitrogen and oxygen atoms in total. The lowest BCUT2D eigenvalue weighted by atomic mass is 9.90. The Kier molecular flexibility index (Phi) is 2.14. The topological polar surface area (TPSA) is 55.1 Å². The van der Waals surface area contributed by atoms with Gasteiger partial charge in [-0.05, 0) is 32.7 Å². The van der Waals surface area contributed by atoms with Crippen LogP contribution in [0.1, 0.15) is 32.0 Å². The fourth-order valence-electron chi connectivity index (χ4n) is 2.37. The van der Waals surface area contributed by atoms with Crippen LogP contribution in [0.5, 0.6) is 0 Å². The van der Waals surface area contributed by atoms with Gasteiger partial charge in [-0.1, -0.05) is 0 Å². The van der Waals surface area contributed by atoms with Crippen LogP contribution in [-0.2, 0) is 5.54 Å². The highest BCUT2D eigenvalue weighted by molar-refractivity contribution is 5.36. The lowest BCUT2D eigenvalue weighted by molar-refractivity contribution is 0.266. The molecule has 1 unspecified atom stereocenters. The maximum absolute atomic E-state index is 4.30. The van der Waals surface area contributed by atoms with E-state index in [0.717, 1.165) is 24.4 Å². The van der Waals surface area contributed by atoms with Crippen molar-refractivity contribution in [3.8, 4) is 0 Å². The highest BCUT2D eigenvalue weighted by Crippen LogP contribution is 2.28. The van der Waals surface area contributed by atoms with E-state index >= 15 is 0 Å². The zero-order chi connectivity index (χ0) is 11.0. The van der Waals surface area contributed by atoms with Gasteiger partial charge in [-0.15, -0.1) is 10.2 Å². The molecule has 84 valence electrons. The molecule has 1 saturated heterocycles. The summed E-state index contributed by atoms with van der Waals surface area (Å²) in [6.07, 6.45) is 7.10. The van der Waals surface area contributed by atoms with E-state index in [1.54, 1.807) is 12.5 Å². The third-order valence-corrected chi connectivity index (χ3v) is 3.33. The second-order valence-electron chi connectivity index (χ2n) is 4.55. The number of nitrogens with zero attached hydrogens (tertiary/aromatic N) is 4. The molecule has 2 aromatic rings. The predicted molar refractivity (Wildman–Crippen MR) is 60.0 cm³/mol. The van der Waals surface area contributed by atoms with Crippen molar-refractivity contribution in [1.82, 2.24) is 24.9 Å². The molecule has 0 aromatic carbocycles. The molecule has 1 N–H and O–H groups in total. The maximum atomic E-state index is 4.30. The Hall–Kier alpha value is -1.49. The Bertz CT molecular complexity index is 498. The van der Waals surface area contributed by atoms with Crippen molar-refractivity contribution in [2.75, 3.05) is 6.54 Å².